The van der Waals surface area contributed by atoms with E-state index in [0.717, 1.165) is 30.4 Å². The van der Waals surface area contributed by atoms with E-state index < -0.39 is 0 Å². The number of benzene rings is 1. The van der Waals surface area contributed by atoms with Gasteiger partial charge in [0.25, 0.3) is 0 Å². The van der Waals surface area contributed by atoms with Gasteiger partial charge in [0.2, 0.25) is 0 Å². The first-order valence-corrected chi connectivity index (χ1v) is 6.09. The summed E-state index contributed by atoms with van der Waals surface area (Å²) in [6, 6.07) is 4.77. The van der Waals surface area contributed by atoms with Crippen LogP contribution >= 0.6 is 0 Å². The fourth-order valence-electron chi connectivity index (χ4n) is 2.50. The molecule has 0 bridgehead atoms. The molecule has 0 amide bonds. The van der Waals surface area contributed by atoms with E-state index in [1.165, 1.54) is 12.1 Å². The first-order chi connectivity index (χ1) is 8.06. The van der Waals surface area contributed by atoms with Gasteiger partial charge in [-0.1, -0.05) is 6.07 Å². The van der Waals surface area contributed by atoms with Crippen LogP contribution in [0.25, 0.3) is 0 Å². The molecular weight excluding hydrogens is 217 g/mol. The Hall–Kier alpha value is -1.22. The largest absolute Gasteiger partial charge is 0.328 e. The summed E-state index contributed by atoms with van der Waals surface area (Å²) < 4.78 is 12.9. The normalized spacial score (nSPS) is 23.9. The maximum absolute atomic E-state index is 12.9. The highest BCUT2D eigenvalue weighted by Crippen LogP contribution is 2.26. The van der Waals surface area contributed by atoms with E-state index in [9.17, 15) is 9.18 Å². The van der Waals surface area contributed by atoms with Crippen LogP contribution in [0.3, 0.4) is 0 Å². The number of aryl methyl sites for hydroxylation is 1. The Bertz CT molecular complexity index is 430. The lowest BCUT2D eigenvalue weighted by Gasteiger charge is -2.10. The van der Waals surface area contributed by atoms with Gasteiger partial charge in [-0.3, -0.25) is 4.79 Å². The number of rotatable bonds is 3. The van der Waals surface area contributed by atoms with Gasteiger partial charge >= 0.3 is 0 Å². The van der Waals surface area contributed by atoms with Gasteiger partial charge in [0.15, 0.2) is 0 Å². The number of halogens is 1. The number of hydrogen-bond donors (Lipinski definition) is 1. The minimum Gasteiger partial charge on any atom is -0.328 e. The molecule has 2 nitrogen and oxygen atoms in total. The highest BCUT2D eigenvalue weighted by Gasteiger charge is 2.27. The Balaban J connectivity index is 2.03. The minimum atomic E-state index is -0.249. The number of carbonyl (C=O) groups is 1. The molecule has 17 heavy (non-hydrogen) atoms. The van der Waals surface area contributed by atoms with E-state index in [1.54, 1.807) is 6.07 Å². The molecule has 1 saturated carbocycles. The molecule has 1 aliphatic carbocycles. The Morgan fingerprint density at radius 2 is 2.24 bits per heavy atom. The molecule has 2 unspecified atom stereocenters. The van der Waals surface area contributed by atoms with Crippen molar-refractivity contribution in [3.63, 3.8) is 0 Å². The maximum atomic E-state index is 12.9. The SMILES string of the molecule is Cc1cc(F)ccc1CC(=O)C1CCC(N)C1. The number of hydrogen-bond acceptors (Lipinski definition) is 2. The summed E-state index contributed by atoms with van der Waals surface area (Å²) in [5, 5.41) is 0. The van der Waals surface area contributed by atoms with Crippen LogP contribution < -0.4 is 5.73 Å². The predicted octanol–water partition coefficient (Wildman–Crippen LogP) is 2.37. The maximum Gasteiger partial charge on any atom is 0.140 e. The average Bonchev–Trinajstić information content (AvgIpc) is 2.69. The van der Waals surface area contributed by atoms with Crippen molar-refractivity contribution in [2.24, 2.45) is 11.7 Å². The molecule has 92 valence electrons. The van der Waals surface area contributed by atoms with E-state index >= 15 is 0 Å². The smallest absolute Gasteiger partial charge is 0.140 e. The van der Waals surface area contributed by atoms with Crippen LogP contribution in [0.1, 0.15) is 30.4 Å². The summed E-state index contributed by atoms with van der Waals surface area (Å²) in [5.74, 6) is 0.101. The quantitative estimate of drug-likeness (QED) is 0.874. The van der Waals surface area contributed by atoms with Crippen LogP contribution in [0.4, 0.5) is 4.39 Å². The molecule has 0 heterocycles. The van der Waals surface area contributed by atoms with Crippen LogP contribution in [0.15, 0.2) is 18.2 Å². The van der Waals surface area contributed by atoms with Crippen molar-refractivity contribution in [3.05, 3.63) is 35.1 Å². The number of carbonyl (C=O) groups excluding carboxylic acids is 1. The average molecular weight is 235 g/mol. The van der Waals surface area contributed by atoms with Gasteiger partial charge in [-0.25, -0.2) is 4.39 Å². The van der Waals surface area contributed by atoms with Gasteiger partial charge < -0.3 is 5.73 Å². The second-order valence-corrected chi connectivity index (χ2v) is 4.98. The number of ketones is 1. The standard InChI is InChI=1S/C14H18FNO/c1-9-6-12(15)4-2-10(9)8-14(17)11-3-5-13(16)7-11/h2,4,6,11,13H,3,5,7-8,16H2,1H3. The minimum absolute atomic E-state index is 0.106. The van der Waals surface area contributed by atoms with Gasteiger partial charge in [0.1, 0.15) is 11.6 Å². The third kappa shape index (κ3) is 2.91. The lowest BCUT2D eigenvalue weighted by molar-refractivity contribution is -0.122. The van der Waals surface area contributed by atoms with Crippen LogP contribution in [0, 0.1) is 18.7 Å². The molecule has 1 aliphatic rings. The van der Waals surface area contributed by atoms with Gasteiger partial charge in [-0.15, -0.1) is 0 Å². The summed E-state index contributed by atoms with van der Waals surface area (Å²) in [5.41, 5.74) is 7.58. The van der Waals surface area contributed by atoms with Crippen molar-refractivity contribution in [3.8, 4) is 0 Å². The molecular formula is C14H18FNO. The summed E-state index contributed by atoms with van der Waals surface area (Å²) in [4.78, 5) is 12.0. The summed E-state index contributed by atoms with van der Waals surface area (Å²) in [7, 11) is 0. The molecule has 0 radical (unpaired) electrons. The van der Waals surface area contributed by atoms with E-state index in [1.807, 2.05) is 6.92 Å². The molecule has 1 aromatic carbocycles. The van der Waals surface area contributed by atoms with E-state index in [-0.39, 0.29) is 23.6 Å². The van der Waals surface area contributed by atoms with Gasteiger partial charge in [-0.05, 0) is 49.4 Å². The second-order valence-electron chi connectivity index (χ2n) is 4.98. The molecule has 0 saturated heterocycles. The summed E-state index contributed by atoms with van der Waals surface area (Å²) in [6.45, 7) is 1.84. The molecule has 2 atom stereocenters. The molecule has 3 heteroatoms. The fraction of sp³-hybridized carbons (Fsp3) is 0.500. The molecule has 2 N–H and O–H groups in total. The molecule has 1 aromatic rings. The molecule has 0 aliphatic heterocycles. The van der Waals surface area contributed by atoms with Gasteiger partial charge in [0.05, 0.1) is 0 Å². The van der Waals surface area contributed by atoms with Crippen molar-refractivity contribution in [2.75, 3.05) is 0 Å². The van der Waals surface area contributed by atoms with E-state index in [2.05, 4.69) is 0 Å². The monoisotopic (exact) mass is 235 g/mol. The second kappa shape index (κ2) is 4.96. The zero-order valence-electron chi connectivity index (χ0n) is 10.1. The van der Waals surface area contributed by atoms with Crippen LogP contribution in [-0.2, 0) is 11.2 Å². The van der Waals surface area contributed by atoms with E-state index in [0.29, 0.717) is 6.42 Å². The molecule has 0 aromatic heterocycles. The lowest BCUT2D eigenvalue weighted by atomic mass is 9.94. The Morgan fingerprint density at radius 3 is 2.82 bits per heavy atom. The Morgan fingerprint density at radius 1 is 1.47 bits per heavy atom. The number of nitrogens with two attached hydrogens (primary N) is 1. The van der Waals surface area contributed by atoms with Crippen molar-refractivity contribution in [2.45, 2.75) is 38.6 Å². The molecule has 1 fully saturated rings. The third-order valence-corrected chi connectivity index (χ3v) is 3.60. The highest BCUT2D eigenvalue weighted by atomic mass is 19.1. The summed E-state index contributed by atoms with van der Waals surface area (Å²) in [6.07, 6.45) is 3.06. The van der Waals surface area contributed by atoms with Crippen LogP contribution in [0.5, 0.6) is 0 Å². The predicted molar refractivity (Wildman–Crippen MR) is 65.2 cm³/mol. The van der Waals surface area contributed by atoms with Crippen molar-refractivity contribution in [1.82, 2.24) is 0 Å². The topological polar surface area (TPSA) is 43.1 Å². The van der Waals surface area contributed by atoms with Crippen LogP contribution in [-0.4, -0.2) is 11.8 Å². The van der Waals surface area contributed by atoms with Gasteiger partial charge in [0, 0.05) is 18.4 Å². The van der Waals surface area contributed by atoms with Crippen molar-refractivity contribution in [1.29, 1.82) is 0 Å². The first-order valence-electron chi connectivity index (χ1n) is 6.09. The molecule has 0 spiro atoms. The van der Waals surface area contributed by atoms with Gasteiger partial charge in [-0.2, -0.15) is 0 Å². The third-order valence-electron chi connectivity index (χ3n) is 3.60. The zero-order chi connectivity index (χ0) is 12.4. The Labute approximate surface area is 101 Å². The zero-order valence-corrected chi connectivity index (χ0v) is 10.1. The molecule has 2 rings (SSSR count). The summed E-state index contributed by atoms with van der Waals surface area (Å²) >= 11 is 0. The van der Waals surface area contributed by atoms with Crippen LogP contribution in [0.2, 0.25) is 0 Å². The van der Waals surface area contributed by atoms with Crippen molar-refractivity contribution < 1.29 is 9.18 Å². The van der Waals surface area contributed by atoms with Crippen molar-refractivity contribution >= 4 is 5.78 Å². The highest BCUT2D eigenvalue weighted by molar-refractivity contribution is 5.83. The first kappa shape index (κ1) is 12.2. The lowest BCUT2D eigenvalue weighted by Crippen LogP contribution is -2.19. The van der Waals surface area contributed by atoms with E-state index in [4.69, 9.17) is 5.73 Å². The fourth-order valence-corrected chi connectivity index (χ4v) is 2.50. The Kier molecular flexibility index (Phi) is 3.57. The number of Topliss-reactive ketones (excluding diaryl/α,β-unsaturated/α-hetero) is 1.